The van der Waals surface area contributed by atoms with Crippen LogP contribution in [-0.2, 0) is 4.79 Å². The number of nitrogens with two attached hydrogens (primary N) is 1. The van der Waals surface area contributed by atoms with Crippen molar-refractivity contribution < 1.29 is 4.79 Å². The Balaban J connectivity index is 0.00000220. The van der Waals surface area contributed by atoms with Crippen molar-refractivity contribution in [3.05, 3.63) is 18.3 Å². The Morgan fingerprint density at radius 3 is 2.68 bits per heavy atom. The standard InChI is InChI=1S/C15H24N4O.2ClH/c1-15(16)8-5-4-6-12(15)14(20)18-11-7-9-17-13(10-11)19(2)3;;/h7,9-10,12H,4-6,8,16H2,1-3H3,(H,17,18,20);2*1H. The van der Waals surface area contributed by atoms with Crippen LogP contribution in [0.25, 0.3) is 0 Å². The zero-order chi connectivity index (χ0) is 14.8. The average molecular weight is 349 g/mol. The molecule has 22 heavy (non-hydrogen) atoms. The zero-order valence-electron chi connectivity index (χ0n) is 13.3. The van der Waals surface area contributed by atoms with Crippen LogP contribution in [0.5, 0.6) is 0 Å². The van der Waals surface area contributed by atoms with Gasteiger partial charge in [-0.25, -0.2) is 4.98 Å². The highest BCUT2D eigenvalue weighted by atomic mass is 35.5. The topological polar surface area (TPSA) is 71.2 Å². The van der Waals surface area contributed by atoms with E-state index < -0.39 is 5.54 Å². The third-order valence-corrected chi connectivity index (χ3v) is 4.04. The highest BCUT2D eigenvalue weighted by Crippen LogP contribution is 2.32. The van der Waals surface area contributed by atoms with Crippen LogP contribution in [0.3, 0.4) is 0 Å². The average Bonchev–Trinajstić information content (AvgIpc) is 2.38. The first-order valence-electron chi connectivity index (χ1n) is 7.13. The van der Waals surface area contributed by atoms with Gasteiger partial charge in [-0.05, 0) is 25.8 Å². The predicted octanol–water partition coefficient (Wildman–Crippen LogP) is 2.84. The number of halogens is 2. The van der Waals surface area contributed by atoms with Gasteiger partial charge in [0.25, 0.3) is 0 Å². The van der Waals surface area contributed by atoms with E-state index in [0.29, 0.717) is 0 Å². The largest absolute Gasteiger partial charge is 0.363 e. The van der Waals surface area contributed by atoms with E-state index in [-0.39, 0.29) is 36.6 Å². The fourth-order valence-electron chi connectivity index (χ4n) is 2.76. The summed E-state index contributed by atoms with van der Waals surface area (Å²) in [6.45, 7) is 1.98. The van der Waals surface area contributed by atoms with Gasteiger partial charge < -0.3 is 16.0 Å². The molecule has 1 saturated carbocycles. The van der Waals surface area contributed by atoms with Crippen LogP contribution < -0.4 is 16.0 Å². The summed E-state index contributed by atoms with van der Waals surface area (Å²) < 4.78 is 0. The maximum Gasteiger partial charge on any atom is 0.229 e. The molecule has 7 heteroatoms. The lowest BCUT2D eigenvalue weighted by Crippen LogP contribution is -2.51. The van der Waals surface area contributed by atoms with Crippen LogP contribution in [0.1, 0.15) is 32.6 Å². The zero-order valence-corrected chi connectivity index (χ0v) is 15.0. The molecule has 1 amide bonds. The molecule has 1 aromatic rings. The van der Waals surface area contributed by atoms with E-state index in [2.05, 4.69) is 10.3 Å². The molecule has 5 nitrogen and oxygen atoms in total. The van der Waals surface area contributed by atoms with E-state index in [1.807, 2.05) is 38.1 Å². The number of aromatic nitrogens is 1. The highest BCUT2D eigenvalue weighted by molar-refractivity contribution is 5.93. The van der Waals surface area contributed by atoms with Crippen LogP contribution in [-0.4, -0.2) is 30.5 Å². The lowest BCUT2D eigenvalue weighted by Gasteiger charge is -2.37. The van der Waals surface area contributed by atoms with Gasteiger partial charge in [-0.15, -0.1) is 24.8 Å². The Hall–Kier alpha value is -1.04. The quantitative estimate of drug-likeness (QED) is 0.880. The number of hydrogen-bond donors (Lipinski definition) is 2. The van der Waals surface area contributed by atoms with Gasteiger partial charge in [0, 0.05) is 37.6 Å². The molecule has 2 unspecified atom stereocenters. The summed E-state index contributed by atoms with van der Waals surface area (Å²) in [5.41, 5.74) is 6.64. The van der Waals surface area contributed by atoms with Crippen molar-refractivity contribution in [2.24, 2.45) is 11.7 Å². The monoisotopic (exact) mass is 348 g/mol. The van der Waals surface area contributed by atoms with E-state index in [1.54, 1.807) is 6.20 Å². The van der Waals surface area contributed by atoms with Gasteiger partial charge in [0.1, 0.15) is 5.82 Å². The molecule has 2 rings (SSSR count). The van der Waals surface area contributed by atoms with Crippen LogP contribution in [0.15, 0.2) is 18.3 Å². The molecule has 1 heterocycles. The molecule has 0 bridgehead atoms. The van der Waals surface area contributed by atoms with E-state index in [1.165, 1.54) is 0 Å². The maximum absolute atomic E-state index is 12.4. The molecule has 3 N–H and O–H groups in total. The third kappa shape index (κ3) is 5.00. The molecule has 2 atom stereocenters. The van der Waals surface area contributed by atoms with Crippen LogP contribution in [0.2, 0.25) is 0 Å². The molecule has 126 valence electrons. The van der Waals surface area contributed by atoms with E-state index in [9.17, 15) is 4.79 Å². The molecule has 0 saturated heterocycles. The number of nitrogens with zero attached hydrogens (tertiary/aromatic N) is 2. The highest BCUT2D eigenvalue weighted by Gasteiger charge is 2.37. The van der Waals surface area contributed by atoms with E-state index in [0.717, 1.165) is 37.2 Å². The van der Waals surface area contributed by atoms with Crippen molar-refractivity contribution in [2.75, 3.05) is 24.3 Å². The van der Waals surface area contributed by atoms with Crippen molar-refractivity contribution in [1.82, 2.24) is 4.98 Å². The Kier molecular flexibility index (Phi) is 8.15. The van der Waals surface area contributed by atoms with Gasteiger partial charge in [0.05, 0.1) is 5.92 Å². The molecule has 0 radical (unpaired) electrons. The molecule has 1 aromatic heterocycles. The molecule has 1 fully saturated rings. The number of nitrogens with one attached hydrogen (secondary N) is 1. The second kappa shape index (κ2) is 8.56. The minimum absolute atomic E-state index is 0. The number of anilines is 2. The first-order chi connectivity index (χ1) is 9.40. The lowest BCUT2D eigenvalue weighted by atomic mass is 9.74. The number of carbonyl (C=O) groups excluding carboxylic acids is 1. The lowest BCUT2D eigenvalue weighted by molar-refractivity contribution is -0.122. The Morgan fingerprint density at radius 1 is 1.41 bits per heavy atom. The first-order valence-corrected chi connectivity index (χ1v) is 7.13. The van der Waals surface area contributed by atoms with Crippen molar-refractivity contribution in [3.8, 4) is 0 Å². The van der Waals surface area contributed by atoms with Gasteiger partial charge >= 0.3 is 0 Å². The first kappa shape index (κ1) is 21.0. The van der Waals surface area contributed by atoms with E-state index in [4.69, 9.17) is 5.73 Å². The molecular formula is C15H26Cl2N4O. The van der Waals surface area contributed by atoms with Gasteiger partial charge in [-0.2, -0.15) is 0 Å². The molecule has 0 spiro atoms. The van der Waals surface area contributed by atoms with Crippen molar-refractivity contribution in [3.63, 3.8) is 0 Å². The van der Waals surface area contributed by atoms with E-state index >= 15 is 0 Å². The van der Waals surface area contributed by atoms with Gasteiger partial charge in [0.2, 0.25) is 5.91 Å². The van der Waals surface area contributed by atoms with Gasteiger partial charge in [-0.1, -0.05) is 12.8 Å². The second-order valence-electron chi connectivity index (χ2n) is 6.09. The fraction of sp³-hybridized carbons (Fsp3) is 0.600. The number of amides is 1. The fourth-order valence-corrected chi connectivity index (χ4v) is 2.76. The van der Waals surface area contributed by atoms with Crippen molar-refractivity contribution in [2.45, 2.75) is 38.1 Å². The van der Waals surface area contributed by atoms with Crippen molar-refractivity contribution in [1.29, 1.82) is 0 Å². The number of rotatable bonds is 3. The van der Waals surface area contributed by atoms with Crippen LogP contribution >= 0.6 is 24.8 Å². The number of pyridine rings is 1. The second-order valence-corrected chi connectivity index (χ2v) is 6.09. The summed E-state index contributed by atoms with van der Waals surface area (Å²) in [5.74, 6) is 0.722. The molecular weight excluding hydrogens is 323 g/mol. The minimum Gasteiger partial charge on any atom is -0.363 e. The summed E-state index contributed by atoms with van der Waals surface area (Å²) >= 11 is 0. The molecule has 0 aliphatic heterocycles. The summed E-state index contributed by atoms with van der Waals surface area (Å²) in [5, 5.41) is 2.98. The minimum atomic E-state index is -0.403. The molecule has 1 aliphatic carbocycles. The predicted molar refractivity (Wildman–Crippen MR) is 96.2 cm³/mol. The summed E-state index contributed by atoms with van der Waals surface area (Å²) in [7, 11) is 3.85. The normalized spacial score (nSPS) is 23.7. The maximum atomic E-state index is 12.4. The smallest absolute Gasteiger partial charge is 0.229 e. The Morgan fingerprint density at radius 2 is 2.09 bits per heavy atom. The van der Waals surface area contributed by atoms with Gasteiger partial charge in [0.15, 0.2) is 0 Å². The third-order valence-electron chi connectivity index (χ3n) is 4.04. The number of carbonyl (C=O) groups is 1. The summed E-state index contributed by atoms with van der Waals surface area (Å²) in [4.78, 5) is 18.6. The summed E-state index contributed by atoms with van der Waals surface area (Å²) in [6, 6.07) is 3.68. The Labute approximate surface area is 144 Å². The van der Waals surface area contributed by atoms with Crippen LogP contribution in [0, 0.1) is 5.92 Å². The van der Waals surface area contributed by atoms with Crippen molar-refractivity contribution >= 4 is 42.2 Å². The van der Waals surface area contributed by atoms with Gasteiger partial charge in [-0.3, -0.25) is 4.79 Å². The van der Waals surface area contributed by atoms with Crippen LogP contribution in [0.4, 0.5) is 11.5 Å². The molecule has 1 aliphatic rings. The SMILES string of the molecule is CN(C)c1cc(NC(=O)C2CCCCC2(C)N)ccn1.Cl.Cl. The Bertz CT molecular complexity index is 494. The molecule has 0 aromatic carbocycles. The number of hydrogen-bond acceptors (Lipinski definition) is 4. The summed E-state index contributed by atoms with van der Waals surface area (Å²) in [6.07, 6.45) is 5.66.